The van der Waals surface area contributed by atoms with Gasteiger partial charge in [-0.2, -0.15) is 4.36 Å². The van der Waals surface area contributed by atoms with E-state index in [1.165, 1.54) is 12.1 Å². The molecule has 0 radical (unpaired) electrons. The number of benzene rings is 1. The predicted molar refractivity (Wildman–Crippen MR) is 64.7 cm³/mol. The summed E-state index contributed by atoms with van der Waals surface area (Å²) in [5.74, 6) is -0.0572. The third kappa shape index (κ3) is 3.06. The Labute approximate surface area is 95.5 Å². The Morgan fingerprint density at radius 2 is 2.00 bits per heavy atom. The smallest absolute Gasteiger partial charge is 0.335 e. The molecule has 16 heavy (non-hydrogen) atoms. The Balaban J connectivity index is 3.20. The van der Waals surface area contributed by atoms with Crippen LogP contribution in [0.15, 0.2) is 28.6 Å². The predicted octanol–water partition coefficient (Wildman–Crippen LogP) is 2.52. The number of hydrogen-bond acceptors (Lipinski definition) is 3. The van der Waals surface area contributed by atoms with Gasteiger partial charge in [-0.05, 0) is 18.2 Å². The molecule has 0 saturated carbocycles. The van der Waals surface area contributed by atoms with E-state index in [2.05, 4.69) is 4.36 Å². The van der Waals surface area contributed by atoms with E-state index >= 15 is 0 Å². The van der Waals surface area contributed by atoms with Crippen LogP contribution in [0, 0.1) is 0 Å². The Morgan fingerprint density at radius 3 is 2.50 bits per heavy atom. The van der Waals surface area contributed by atoms with E-state index in [9.17, 15) is 9.00 Å². The van der Waals surface area contributed by atoms with E-state index in [1.807, 2.05) is 13.8 Å². The van der Waals surface area contributed by atoms with Crippen LogP contribution in [0.5, 0.6) is 0 Å². The van der Waals surface area contributed by atoms with Gasteiger partial charge in [-0.15, -0.1) is 0 Å². The average Bonchev–Trinajstić information content (AvgIpc) is 2.29. The van der Waals surface area contributed by atoms with Crippen LogP contribution in [0.1, 0.15) is 24.2 Å². The van der Waals surface area contributed by atoms with Crippen molar-refractivity contribution in [3.63, 3.8) is 0 Å². The highest BCUT2D eigenvalue weighted by Crippen LogP contribution is 2.17. The lowest BCUT2D eigenvalue weighted by atomic mass is 10.2. The molecule has 0 heterocycles. The summed E-state index contributed by atoms with van der Waals surface area (Å²) in [5.41, 5.74) is 0.629. The first-order valence-electron chi connectivity index (χ1n) is 5.06. The van der Waals surface area contributed by atoms with Crippen molar-refractivity contribution in [2.45, 2.75) is 13.8 Å². The number of rotatable bonds is 4. The van der Waals surface area contributed by atoms with Crippen molar-refractivity contribution in [2.24, 2.45) is 4.36 Å². The summed E-state index contributed by atoms with van der Waals surface area (Å²) in [5, 5.41) is 8.81. The van der Waals surface area contributed by atoms with Gasteiger partial charge in [0.25, 0.3) is 0 Å². The zero-order valence-corrected chi connectivity index (χ0v) is 10.2. The van der Waals surface area contributed by atoms with Gasteiger partial charge in [0, 0.05) is 11.5 Å². The molecule has 88 valence electrons. The Bertz CT molecular complexity index is 492. The molecule has 0 aliphatic carbocycles. The summed E-state index contributed by atoms with van der Waals surface area (Å²) < 4.78 is 16.2. The highest BCUT2D eigenvalue weighted by atomic mass is 32.2. The van der Waals surface area contributed by atoms with Crippen molar-refractivity contribution in [2.75, 3.05) is 11.5 Å². The lowest BCUT2D eigenvalue weighted by Crippen LogP contribution is -2.05. The number of hydrogen-bond donors (Lipinski definition) is 1. The largest absolute Gasteiger partial charge is 0.478 e. The molecule has 0 fully saturated rings. The third-order valence-electron chi connectivity index (χ3n) is 2.27. The van der Waals surface area contributed by atoms with Crippen LogP contribution < -0.4 is 0 Å². The van der Waals surface area contributed by atoms with E-state index < -0.39 is 15.7 Å². The van der Waals surface area contributed by atoms with Gasteiger partial charge in [0.05, 0.1) is 21.0 Å². The maximum absolute atomic E-state index is 12.1. The van der Waals surface area contributed by atoms with E-state index in [1.54, 1.807) is 12.1 Å². The van der Waals surface area contributed by atoms with Crippen molar-refractivity contribution < 1.29 is 14.1 Å². The zero-order chi connectivity index (χ0) is 12.2. The summed E-state index contributed by atoms with van der Waals surface area (Å²) in [6.07, 6.45) is 0. The second kappa shape index (κ2) is 5.12. The monoisotopic (exact) mass is 241 g/mol. The SMILES string of the molecule is CCS(=O)(CC)=Nc1cccc(C(=O)O)c1. The van der Waals surface area contributed by atoms with Gasteiger partial charge in [0.2, 0.25) is 0 Å². The zero-order valence-electron chi connectivity index (χ0n) is 9.34. The highest BCUT2D eigenvalue weighted by Gasteiger charge is 2.06. The molecule has 0 spiro atoms. The molecule has 0 saturated heterocycles. The Hall–Kier alpha value is -1.36. The minimum atomic E-state index is -2.23. The van der Waals surface area contributed by atoms with Gasteiger partial charge in [-0.1, -0.05) is 19.9 Å². The number of aromatic carboxylic acids is 1. The van der Waals surface area contributed by atoms with Crippen LogP contribution in [-0.2, 0) is 9.73 Å². The fraction of sp³-hybridized carbons (Fsp3) is 0.364. The van der Waals surface area contributed by atoms with Gasteiger partial charge in [0.15, 0.2) is 0 Å². The number of carbonyl (C=O) groups is 1. The quantitative estimate of drug-likeness (QED) is 0.880. The van der Waals surface area contributed by atoms with E-state index in [0.717, 1.165) is 0 Å². The second-order valence-corrected chi connectivity index (χ2v) is 6.18. The first-order chi connectivity index (χ1) is 7.50. The lowest BCUT2D eigenvalue weighted by Gasteiger charge is -2.04. The maximum atomic E-state index is 12.1. The van der Waals surface area contributed by atoms with Crippen LogP contribution in [0.3, 0.4) is 0 Å². The van der Waals surface area contributed by atoms with Gasteiger partial charge >= 0.3 is 5.97 Å². The topological polar surface area (TPSA) is 66.7 Å². The molecular formula is C11H15NO3S. The number of nitrogens with zero attached hydrogens (tertiary/aromatic N) is 1. The van der Waals surface area contributed by atoms with E-state index in [-0.39, 0.29) is 5.56 Å². The fourth-order valence-electron chi connectivity index (χ4n) is 1.22. The summed E-state index contributed by atoms with van der Waals surface area (Å²) in [6, 6.07) is 6.19. The molecule has 0 unspecified atom stereocenters. The average molecular weight is 241 g/mol. The van der Waals surface area contributed by atoms with E-state index in [4.69, 9.17) is 5.11 Å². The molecule has 1 N–H and O–H groups in total. The van der Waals surface area contributed by atoms with E-state index in [0.29, 0.717) is 17.2 Å². The summed E-state index contributed by atoms with van der Waals surface area (Å²) in [4.78, 5) is 10.7. The van der Waals surface area contributed by atoms with Gasteiger partial charge in [0.1, 0.15) is 0 Å². The Kier molecular flexibility index (Phi) is 4.06. The molecule has 4 nitrogen and oxygen atoms in total. The Morgan fingerprint density at radius 1 is 1.38 bits per heavy atom. The van der Waals surface area contributed by atoms with Crippen molar-refractivity contribution >= 4 is 21.4 Å². The molecule has 0 aliphatic rings. The molecule has 0 atom stereocenters. The van der Waals surface area contributed by atoms with Crippen LogP contribution in [0.4, 0.5) is 5.69 Å². The molecule has 1 aromatic carbocycles. The first kappa shape index (κ1) is 12.7. The molecule has 0 aromatic heterocycles. The van der Waals surface area contributed by atoms with Gasteiger partial charge < -0.3 is 5.11 Å². The van der Waals surface area contributed by atoms with Gasteiger partial charge in [-0.25, -0.2) is 9.00 Å². The molecule has 5 heteroatoms. The van der Waals surface area contributed by atoms with Gasteiger partial charge in [-0.3, -0.25) is 0 Å². The molecule has 1 rings (SSSR count). The molecular weight excluding hydrogens is 226 g/mol. The second-order valence-electron chi connectivity index (χ2n) is 3.30. The van der Waals surface area contributed by atoms with Crippen molar-refractivity contribution in [1.82, 2.24) is 0 Å². The normalized spacial score (nSPS) is 11.1. The highest BCUT2D eigenvalue weighted by molar-refractivity contribution is 7.93. The lowest BCUT2D eigenvalue weighted by molar-refractivity contribution is 0.0697. The number of carboxylic acid groups (broad SMARTS) is 1. The molecule has 0 amide bonds. The summed E-state index contributed by atoms with van der Waals surface area (Å²) in [6.45, 7) is 3.63. The fourth-order valence-corrected chi connectivity index (χ4v) is 2.39. The van der Waals surface area contributed by atoms with Crippen molar-refractivity contribution in [1.29, 1.82) is 0 Å². The molecule has 0 bridgehead atoms. The minimum Gasteiger partial charge on any atom is -0.478 e. The standard InChI is InChI=1S/C11H15NO3S/c1-3-16(15,4-2)12-10-7-5-6-9(8-10)11(13)14/h5-8H,3-4H2,1-2H3,(H,13,14). The van der Waals surface area contributed by atoms with Crippen molar-refractivity contribution in [3.05, 3.63) is 29.8 Å². The first-order valence-corrected chi connectivity index (χ1v) is 6.92. The van der Waals surface area contributed by atoms with Crippen LogP contribution in [0.25, 0.3) is 0 Å². The molecule has 1 aromatic rings. The maximum Gasteiger partial charge on any atom is 0.335 e. The van der Waals surface area contributed by atoms with Crippen molar-refractivity contribution in [3.8, 4) is 0 Å². The summed E-state index contributed by atoms with van der Waals surface area (Å²) >= 11 is 0. The molecule has 0 aliphatic heterocycles. The third-order valence-corrected chi connectivity index (χ3v) is 4.61. The minimum absolute atomic E-state index is 0.162. The van der Waals surface area contributed by atoms with Crippen LogP contribution in [0.2, 0.25) is 0 Å². The number of carboxylic acids is 1. The van der Waals surface area contributed by atoms with Crippen LogP contribution >= 0.6 is 0 Å². The summed E-state index contributed by atoms with van der Waals surface area (Å²) in [7, 11) is -2.23. The van der Waals surface area contributed by atoms with Crippen LogP contribution in [-0.4, -0.2) is 26.8 Å².